The number of amides is 1. The molecule has 2 aliphatic rings. The molecule has 21 heavy (non-hydrogen) atoms. The molecule has 5 nitrogen and oxygen atoms in total. The molecule has 1 aromatic rings. The summed E-state index contributed by atoms with van der Waals surface area (Å²) in [4.78, 5) is 21.1. The first-order valence-corrected chi connectivity index (χ1v) is 7.82. The van der Waals surface area contributed by atoms with Gasteiger partial charge in [-0.1, -0.05) is 6.92 Å². The Balaban J connectivity index is 1.74. The molecule has 1 atom stereocenters. The van der Waals surface area contributed by atoms with Crippen LogP contribution in [0.5, 0.6) is 0 Å². The lowest BCUT2D eigenvalue weighted by atomic mass is 10.00. The van der Waals surface area contributed by atoms with Crippen molar-refractivity contribution in [1.82, 2.24) is 9.88 Å². The molecule has 0 saturated carbocycles. The zero-order valence-corrected chi connectivity index (χ0v) is 12.6. The summed E-state index contributed by atoms with van der Waals surface area (Å²) in [5.74, 6) is 0.654. The standard InChI is InChI=1S/C16H23N3O2/c1-13-3-2-6-19(12-13)16(20)15-11-14(4-5-17-15)18-7-9-21-10-8-18/h4-5,11,13H,2-3,6-10,12H2,1H3. The second-order valence-electron chi connectivity index (χ2n) is 6.00. The summed E-state index contributed by atoms with van der Waals surface area (Å²) in [6, 6.07) is 3.90. The van der Waals surface area contributed by atoms with Gasteiger partial charge in [-0.3, -0.25) is 9.78 Å². The topological polar surface area (TPSA) is 45.7 Å². The minimum Gasteiger partial charge on any atom is -0.378 e. The molecule has 1 unspecified atom stereocenters. The molecule has 2 saturated heterocycles. The molecule has 0 bridgehead atoms. The monoisotopic (exact) mass is 289 g/mol. The van der Waals surface area contributed by atoms with Crippen LogP contribution in [0.3, 0.4) is 0 Å². The lowest BCUT2D eigenvalue weighted by Crippen LogP contribution is -2.40. The van der Waals surface area contributed by atoms with Gasteiger partial charge in [0.1, 0.15) is 5.69 Å². The fourth-order valence-corrected chi connectivity index (χ4v) is 3.09. The third-order valence-corrected chi connectivity index (χ3v) is 4.28. The number of hydrogen-bond acceptors (Lipinski definition) is 4. The van der Waals surface area contributed by atoms with E-state index in [0.29, 0.717) is 11.6 Å². The number of likely N-dealkylation sites (tertiary alicyclic amines) is 1. The second-order valence-corrected chi connectivity index (χ2v) is 6.00. The zero-order chi connectivity index (χ0) is 14.7. The first kappa shape index (κ1) is 14.3. The Hall–Kier alpha value is -1.62. The summed E-state index contributed by atoms with van der Waals surface area (Å²) >= 11 is 0. The van der Waals surface area contributed by atoms with Crippen molar-refractivity contribution in [2.45, 2.75) is 19.8 Å². The molecule has 114 valence electrons. The van der Waals surface area contributed by atoms with E-state index in [1.165, 1.54) is 6.42 Å². The highest BCUT2D eigenvalue weighted by Crippen LogP contribution is 2.20. The van der Waals surface area contributed by atoms with Gasteiger partial charge in [0.2, 0.25) is 0 Å². The SMILES string of the molecule is CC1CCCN(C(=O)c2cc(N3CCOCC3)ccn2)C1. The predicted octanol–water partition coefficient (Wildman–Crippen LogP) is 1.79. The van der Waals surface area contributed by atoms with Crippen LogP contribution in [0.4, 0.5) is 5.69 Å². The van der Waals surface area contributed by atoms with E-state index in [4.69, 9.17) is 4.74 Å². The molecule has 2 aliphatic heterocycles. The molecule has 2 fully saturated rings. The zero-order valence-electron chi connectivity index (χ0n) is 12.6. The van der Waals surface area contributed by atoms with Gasteiger partial charge in [0.25, 0.3) is 5.91 Å². The molecule has 0 radical (unpaired) electrons. The van der Waals surface area contributed by atoms with Gasteiger partial charge in [0, 0.05) is 38.1 Å². The lowest BCUT2D eigenvalue weighted by molar-refractivity contribution is 0.0677. The average molecular weight is 289 g/mol. The van der Waals surface area contributed by atoms with Gasteiger partial charge in [-0.2, -0.15) is 0 Å². The Bertz CT molecular complexity index is 500. The Kier molecular flexibility index (Phi) is 4.39. The molecule has 1 amide bonds. The van der Waals surface area contributed by atoms with Gasteiger partial charge in [0.15, 0.2) is 0 Å². The van der Waals surface area contributed by atoms with Gasteiger partial charge in [-0.05, 0) is 30.9 Å². The molecule has 5 heteroatoms. The molecule has 3 heterocycles. The van der Waals surface area contributed by atoms with Crippen molar-refractivity contribution in [2.24, 2.45) is 5.92 Å². The van der Waals surface area contributed by atoms with Crippen molar-refractivity contribution in [3.05, 3.63) is 24.0 Å². The van der Waals surface area contributed by atoms with Gasteiger partial charge in [0.05, 0.1) is 13.2 Å². The van der Waals surface area contributed by atoms with E-state index in [-0.39, 0.29) is 5.91 Å². The van der Waals surface area contributed by atoms with Crippen molar-refractivity contribution in [3.8, 4) is 0 Å². The lowest BCUT2D eigenvalue weighted by Gasteiger charge is -2.31. The molecular formula is C16H23N3O2. The highest BCUT2D eigenvalue weighted by Gasteiger charge is 2.23. The molecule has 0 N–H and O–H groups in total. The van der Waals surface area contributed by atoms with Crippen LogP contribution >= 0.6 is 0 Å². The average Bonchev–Trinajstić information content (AvgIpc) is 2.55. The maximum absolute atomic E-state index is 12.6. The summed E-state index contributed by atoms with van der Waals surface area (Å²) in [7, 11) is 0. The molecule has 0 aliphatic carbocycles. The minimum atomic E-state index is 0.0664. The molecule has 0 aromatic carbocycles. The van der Waals surface area contributed by atoms with E-state index in [1.807, 2.05) is 17.0 Å². The van der Waals surface area contributed by atoms with Crippen LogP contribution in [0.25, 0.3) is 0 Å². The first-order chi connectivity index (χ1) is 10.2. The maximum Gasteiger partial charge on any atom is 0.272 e. The number of hydrogen-bond donors (Lipinski definition) is 0. The van der Waals surface area contributed by atoms with E-state index in [2.05, 4.69) is 16.8 Å². The number of aromatic nitrogens is 1. The van der Waals surface area contributed by atoms with Crippen LogP contribution in [-0.4, -0.2) is 55.2 Å². The maximum atomic E-state index is 12.6. The third kappa shape index (κ3) is 3.35. The van der Waals surface area contributed by atoms with E-state index >= 15 is 0 Å². The van der Waals surface area contributed by atoms with E-state index in [9.17, 15) is 4.79 Å². The summed E-state index contributed by atoms with van der Waals surface area (Å²) in [6.07, 6.45) is 4.05. The molecule has 0 spiro atoms. The first-order valence-electron chi connectivity index (χ1n) is 7.82. The second kappa shape index (κ2) is 6.43. The largest absolute Gasteiger partial charge is 0.378 e. The number of morpholine rings is 1. The van der Waals surface area contributed by atoms with Crippen LogP contribution in [0.2, 0.25) is 0 Å². The van der Waals surface area contributed by atoms with Crippen molar-refractivity contribution in [1.29, 1.82) is 0 Å². The number of pyridine rings is 1. The van der Waals surface area contributed by atoms with Crippen molar-refractivity contribution in [3.63, 3.8) is 0 Å². The number of piperidine rings is 1. The summed E-state index contributed by atoms with van der Waals surface area (Å²) in [5.41, 5.74) is 1.63. The Labute approximate surface area is 125 Å². The van der Waals surface area contributed by atoms with Crippen molar-refractivity contribution < 1.29 is 9.53 Å². The summed E-state index contributed by atoms with van der Waals surface area (Å²) in [6.45, 7) is 7.15. The van der Waals surface area contributed by atoms with Crippen LogP contribution in [0, 0.1) is 5.92 Å². The van der Waals surface area contributed by atoms with Crippen LogP contribution in [0.1, 0.15) is 30.3 Å². The van der Waals surface area contributed by atoms with Crippen LogP contribution in [-0.2, 0) is 4.74 Å². The Morgan fingerprint density at radius 1 is 1.33 bits per heavy atom. The molecule has 1 aromatic heterocycles. The number of carbonyl (C=O) groups is 1. The van der Waals surface area contributed by atoms with E-state index < -0.39 is 0 Å². The number of nitrogens with zero attached hydrogens (tertiary/aromatic N) is 3. The number of ether oxygens (including phenoxy) is 1. The summed E-state index contributed by atoms with van der Waals surface area (Å²) in [5, 5.41) is 0. The smallest absolute Gasteiger partial charge is 0.272 e. The minimum absolute atomic E-state index is 0.0664. The van der Waals surface area contributed by atoms with Crippen molar-refractivity contribution in [2.75, 3.05) is 44.3 Å². The van der Waals surface area contributed by atoms with E-state index in [0.717, 1.165) is 51.5 Å². The van der Waals surface area contributed by atoms with E-state index in [1.54, 1.807) is 6.20 Å². The van der Waals surface area contributed by atoms with Crippen LogP contribution < -0.4 is 4.90 Å². The predicted molar refractivity (Wildman–Crippen MR) is 81.6 cm³/mol. The van der Waals surface area contributed by atoms with Gasteiger partial charge in [-0.15, -0.1) is 0 Å². The highest BCUT2D eigenvalue weighted by molar-refractivity contribution is 5.93. The quantitative estimate of drug-likeness (QED) is 0.833. The fraction of sp³-hybridized carbons (Fsp3) is 0.625. The van der Waals surface area contributed by atoms with Gasteiger partial charge >= 0.3 is 0 Å². The highest BCUT2D eigenvalue weighted by atomic mass is 16.5. The van der Waals surface area contributed by atoms with Gasteiger partial charge < -0.3 is 14.5 Å². The van der Waals surface area contributed by atoms with Crippen LogP contribution in [0.15, 0.2) is 18.3 Å². The van der Waals surface area contributed by atoms with Gasteiger partial charge in [-0.25, -0.2) is 0 Å². The number of rotatable bonds is 2. The third-order valence-electron chi connectivity index (χ3n) is 4.28. The Morgan fingerprint density at radius 2 is 2.14 bits per heavy atom. The number of anilines is 1. The Morgan fingerprint density at radius 3 is 2.90 bits per heavy atom. The number of carbonyl (C=O) groups excluding carboxylic acids is 1. The van der Waals surface area contributed by atoms with Crippen molar-refractivity contribution >= 4 is 11.6 Å². The molecule has 3 rings (SSSR count). The fourth-order valence-electron chi connectivity index (χ4n) is 3.09. The summed E-state index contributed by atoms with van der Waals surface area (Å²) < 4.78 is 5.37. The molecular weight excluding hydrogens is 266 g/mol. The normalized spacial score (nSPS) is 23.2.